The monoisotopic (exact) mass is 278 g/mol. The van der Waals surface area contributed by atoms with Gasteiger partial charge >= 0.3 is 6.03 Å². The van der Waals surface area contributed by atoms with Gasteiger partial charge in [0, 0.05) is 12.7 Å². The van der Waals surface area contributed by atoms with Crippen LogP contribution in [0.2, 0.25) is 0 Å². The minimum absolute atomic E-state index is 0.247. The van der Waals surface area contributed by atoms with Crippen molar-refractivity contribution in [3.8, 4) is 0 Å². The van der Waals surface area contributed by atoms with Gasteiger partial charge in [0.25, 0.3) is 0 Å². The molecule has 6 heteroatoms. The van der Waals surface area contributed by atoms with Crippen LogP contribution in [0.5, 0.6) is 0 Å². The van der Waals surface area contributed by atoms with Crippen LogP contribution >= 0.6 is 0 Å². The summed E-state index contributed by atoms with van der Waals surface area (Å²) in [4.78, 5) is 20.6. The summed E-state index contributed by atoms with van der Waals surface area (Å²) >= 11 is 0. The molecule has 1 aromatic carbocycles. The number of aliphatic imine (C=N–C) groups is 1. The summed E-state index contributed by atoms with van der Waals surface area (Å²) in [7, 11) is 3.01. The first-order valence-electron chi connectivity index (χ1n) is 6.60. The van der Waals surface area contributed by atoms with Crippen molar-refractivity contribution in [1.29, 1.82) is 0 Å². The van der Waals surface area contributed by atoms with E-state index in [0.29, 0.717) is 0 Å². The third kappa shape index (κ3) is 4.24. The first-order valence-corrected chi connectivity index (χ1v) is 6.60. The second kappa shape index (κ2) is 8.16. The topological polar surface area (TPSA) is 74.8 Å². The first kappa shape index (κ1) is 16.0. The number of benzene rings is 1. The van der Waals surface area contributed by atoms with Gasteiger partial charge in [-0.1, -0.05) is 32.0 Å². The number of carbonyl (C=O) groups is 1. The molecule has 1 aromatic rings. The van der Waals surface area contributed by atoms with Crippen LogP contribution in [0.25, 0.3) is 0 Å². The minimum Gasteiger partial charge on any atom is -0.307 e. The van der Waals surface area contributed by atoms with Crippen LogP contribution < -0.4 is 16.1 Å². The summed E-state index contributed by atoms with van der Waals surface area (Å²) in [5, 5.41) is 5.46. The normalized spacial score (nSPS) is 11.1. The van der Waals surface area contributed by atoms with Crippen molar-refractivity contribution in [1.82, 2.24) is 10.8 Å². The van der Waals surface area contributed by atoms with Gasteiger partial charge in [-0.05, 0) is 24.0 Å². The molecule has 0 radical (unpaired) electrons. The van der Waals surface area contributed by atoms with Crippen molar-refractivity contribution in [2.24, 2.45) is 4.99 Å². The number of nitrogens with one attached hydrogen (secondary N) is 3. The minimum atomic E-state index is -0.356. The molecule has 0 heterocycles. The maximum absolute atomic E-state index is 12.0. The third-order valence-electron chi connectivity index (χ3n) is 2.89. The Balaban J connectivity index is 2.84. The Morgan fingerprint density at radius 2 is 1.85 bits per heavy atom. The average Bonchev–Trinajstić information content (AvgIpc) is 2.46. The highest BCUT2D eigenvalue weighted by atomic mass is 16.6. The zero-order chi connectivity index (χ0) is 15.0. The fraction of sp³-hybridized carbons (Fsp3) is 0.429. The van der Waals surface area contributed by atoms with E-state index in [-0.39, 0.29) is 12.0 Å². The van der Waals surface area contributed by atoms with E-state index in [2.05, 4.69) is 35.0 Å². The average molecular weight is 278 g/mol. The molecule has 0 saturated carbocycles. The number of aryl methyl sites for hydroxylation is 2. The lowest BCUT2D eigenvalue weighted by molar-refractivity contribution is 0.141. The molecule has 6 nitrogen and oxygen atoms in total. The molecule has 2 amide bonds. The molecule has 3 N–H and O–H groups in total. The molecule has 0 aliphatic heterocycles. The van der Waals surface area contributed by atoms with Crippen LogP contribution in [0.3, 0.4) is 0 Å². The van der Waals surface area contributed by atoms with Gasteiger partial charge in [-0.2, -0.15) is 0 Å². The Labute approximate surface area is 119 Å². The molecule has 110 valence electrons. The van der Waals surface area contributed by atoms with Crippen LogP contribution in [0.4, 0.5) is 10.5 Å². The van der Waals surface area contributed by atoms with Crippen molar-refractivity contribution in [3.63, 3.8) is 0 Å². The molecular formula is C14H22N4O2. The lowest BCUT2D eigenvalue weighted by Crippen LogP contribution is -2.42. The number of hydroxylamine groups is 1. The number of amides is 2. The standard InChI is InChI=1S/C14H22N4O2/c1-5-10-8-7-9-11(6-2)12(10)16-14(19)17-13(15-3)18-20-4/h7-9H,5-6H2,1-4H3,(H3,15,16,17,18,19). The van der Waals surface area contributed by atoms with Gasteiger partial charge in [0.2, 0.25) is 5.96 Å². The molecule has 0 fully saturated rings. The van der Waals surface area contributed by atoms with Crippen molar-refractivity contribution >= 4 is 17.7 Å². The summed E-state index contributed by atoms with van der Waals surface area (Å²) in [6.45, 7) is 4.12. The van der Waals surface area contributed by atoms with Crippen LogP contribution in [0.1, 0.15) is 25.0 Å². The number of guanidine groups is 1. The van der Waals surface area contributed by atoms with Crippen LogP contribution in [-0.2, 0) is 17.7 Å². The van der Waals surface area contributed by atoms with E-state index in [1.807, 2.05) is 18.2 Å². The zero-order valence-electron chi connectivity index (χ0n) is 12.4. The van der Waals surface area contributed by atoms with Crippen LogP contribution in [0, 0.1) is 0 Å². The van der Waals surface area contributed by atoms with Gasteiger partial charge in [-0.15, -0.1) is 0 Å². The lowest BCUT2D eigenvalue weighted by atomic mass is 10.0. The Kier molecular flexibility index (Phi) is 6.52. The van der Waals surface area contributed by atoms with Gasteiger partial charge < -0.3 is 5.32 Å². The quantitative estimate of drug-likeness (QED) is 0.448. The summed E-state index contributed by atoms with van der Waals surface area (Å²) in [5.74, 6) is 0.247. The first-order chi connectivity index (χ1) is 9.65. The largest absolute Gasteiger partial charge is 0.326 e. The molecule has 20 heavy (non-hydrogen) atoms. The van der Waals surface area contributed by atoms with E-state index in [1.54, 1.807) is 7.05 Å². The predicted molar refractivity (Wildman–Crippen MR) is 80.9 cm³/mol. The number of rotatable bonds is 4. The fourth-order valence-corrected chi connectivity index (χ4v) is 1.88. The molecule has 0 saturated heterocycles. The summed E-state index contributed by atoms with van der Waals surface area (Å²) in [5.41, 5.74) is 5.56. The molecule has 0 aliphatic carbocycles. The molecule has 0 atom stereocenters. The summed E-state index contributed by atoms with van der Waals surface area (Å²) < 4.78 is 0. The Bertz CT molecular complexity index is 464. The Morgan fingerprint density at radius 3 is 2.30 bits per heavy atom. The van der Waals surface area contributed by atoms with Gasteiger partial charge in [0.05, 0.1) is 7.11 Å². The van der Waals surface area contributed by atoms with E-state index < -0.39 is 0 Å². The van der Waals surface area contributed by atoms with Crippen LogP contribution in [-0.4, -0.2) is 26.1 Å². The molecule has 0 aliphatic rings. The molecular weight excluding hydrogens is 256 g/mol. The Hall–Kier alpha value is -2.08. The molecule has 0 bridgehead atoms. The van der Waals surface area contributed by atoms with E-state index in [9.17, 15) is 4.79 Å². The molecule has 0 aromatic heterocycles. The molecule has 0 unspecified atom stereocenters. The van der Waals surface area contributed by atoms with Gasteiger partial charge in [0.1, 0.15) is 0 Å². The third-order valence-corrected chi connectivity index (χ3v) is 2.89. The summed E-state index contributed by atoms with van der Waals surface area (Å²) in [6.07, 6.45) is 1.71. The van der Waals surface area contributed by atoms with Crippen molar-refractivity contribution in [2.45, 2.75) is 26.7 Å². The van der Waals surface area contributed by atoms with Crippen molar-refractivity contribution in [3.05, 3.63) is 29.3 Å². The van der Waals surface area contributed by atoms with Gasteiger partial charge in [-0.3, -0.25) is 15.1 Å². The van der Waals surface area contributed by atoms with Crippen molar-refractivity contribution in [2.75, 3.05) is 19.5 Å². The number of hydrogen-bond donors (Lipinski definition) is 3. The smallest absolute Gasteiger partial charge is 0.307 e. The highest BCUT2D eigenvalue weighted by Gasteiger charge is 2.11. The Morgan fingerprint density at radius 1 is 1.25 bits per heavy atom. The fourth-order valence-electron chi connectivity index (χ4n) is 1.88. The second-order valence-corrected chi connectivity index (χ2v) is 4.12. The number of anilines is 1. The zero-order valence-corrected chi connectivity index (χ0v) is 12.4. The number of para-hydroxylation sites is 1. The van der Waals surface area contributed by atoms with E-state index in [1.165, 1.54) is 7.11 Å². The van der Waals surface area contributed by atoms with E-state index in [4.69, 9.17) is 4.84 Å². The molecule has 1 rings (SSSR count). The second-order valence-electron chi connectivity index (χ2n) is 4.12. The van der Waals surface area contributed by atoms with E-state index >= 15 is 0 Å². The lowest BCUT2D eigenvalue weighted by Gasteiger charge is -2.15. The summed E-state index contributed by atoms with van der Waals surface area (Å²) in [6, 6.07) is 5.67. The highest BCUT2D eigenvalue weighted by molar-refractivity contribution is 6.02. The number of urea groups is 1. The maximum Gasteiger partial charge on any atom is 0.326 e. The predicted octanol–water partition coefficient (Wildman–Crippen LogP) is 2.07. The van der Waals surface area contributed by atoms with Gasteiger partial charge in [-0.25, -0.2) is 10.3 Å². The van der Waals surface area contributed by atoms with E-state index in [0.717, 1.165) is 29.7 Å². The maximum atomic E-state index is 12.0. The number of carbonyl (C=O) groups excluding carboxylic acids is 1. The number of hydrogen-bond acceptors (Lipinski definition) is 3. The van der Waals surface area contributed by atoms with Crippen LogP contribution in [0.15, 0.2) is 23.2 Å². The highest BCUT2D eigenvalue weighted by Crippen LogP contribution is 2.22. The molecule has 0 spiro atoms. The van der Waals surface area contributed by atoms with Crippen molar-refractivity contribution < 1.29 is 9.63 Å². The SMILES string of the molecule is CCc1cccc(CC)c1NC(=O)NC(=NC)NOC. The van der Waals surface area contributed by atoms with Gasteiger partial charge in [0.15, 0.2) is 0 Å². The number of nitrogens with zero attached hydrogens (tertiary/aromatic N) is 1.